The first-order chi connectivity index (χ1) is 8.34. The molecular weight excluding hydrogens is 212 g/mol. The standard InChI is InChI=1S/C14H22N2O/c1-12-6-4-9-14(16-12)15-10-5-11-17-13-7-2-3-8-13/h4,6,9,13H,2-3,5,7-8,10-11H2,1H3,(H,15,16). The van der Waals surface area contributed by atoms with Crippen molar-refractivity contribution >= 4 is 5.82 Å². The van der Waals surface area contributed by atoms with E-state index in [0.29, 0.717) is 6.10 Å². The molecule has 1 aromatic rings. The maximum Gasteiger partial charge on any atom is 0.126 e. The van der Waals surface area contributed by atoms with Crippen LogP contribution in [0.2, 0.25) is 0 Å². The number of hydrogen-bond donors (Lipinski definition) is 1. The van der Waals surface area contributed by atoms with Crippen LogP contribution in [0, 0.1) is 6.92 Å². The molecule has 1 aliphatic rings. The number of ether oxygens (including phenoxy) is 1. The van der Waals surface area contributed by atoms with Gasteiger partial charge in [0.25, 0.3) is 0 Å². The smallest absolute Gasteiger partial charge is 0.126 e. The fraction of sp³-hybridized carbons (Fsp3) is 0.643. The fourth-order valence-electron chi connectivity index (χ4n) is 2.24. The van der Waals surface area contributed by atoms with Gasteiger partial charge in [0.1, 0.15) is 5.82 Å². The van der Waals surface area contributed by atoms with Crippen molar-refractivity contribution < 1.29 is 4.74 Å². The van der Waals surface area contributed by atoms with E-state index < -0.39 is 0 Å². The molecule has 1 fully saturated rings. The highest BCUT2D eigenvalue weighted by Gasteiger charge is 2.14. The number of aromatic nitrogens is 1. The summed E-state index contributed by atoms with van der Waals surface area (Å²) in [6.45, 7) is 3.81. The van der Waals surface area contributed by atoms with E-state index in [4.69, 9.17) is 4.74 Å². The second-order valence-electron chi connectivity index (χ2n) is 4.72. The minimum absolute atomic E-state index is 0.534. The summed E-state index contributed by atoms with van der Waals surface area (Å²) in [4.78, 5) is 4.40. The predicted molar refractivity (Wildman–Crippen MR) is 70.3 cm³/mol. The molecule has 0 bridgehead atoms. The highest BCUT2D eigenvalue weighted by molar-refractivity contribution is 5.34. The average Bonchev–Trinajstić information content (AvgIpc) is 2.82. The molecule has 1 aliphatic carbocycles. The third-order valence-corrected chi connectivity index (χ3v) is 3.17. The zero-order valence-electron chi connectivity index (χ0n) is 10.6. The van der Waals surface area contributed by atoms with Crippen LogP contribution >= 0.6 is 0 Å². The van der Waals surface area contributed by atoms with Crippen LogP contribution in [0.3, 0.4) is 0 Å². The lowest BCUT2D eigenvalue weighted by Crippen LogP contribution is -2.12. The molecule has 2 rings (SSSR count). The number of hydrogen-bond acceptors (Lipinski definition) is 3. The highest BCUT2D eigenvalue weighted by atomic mass is 16.5. The van der Waals surface area contributed by atoms with E-state index in [1.807, 2.05) is 25.1 Å². The summed E-state index contributed by atoms with van der Waals surface area (Å²) in [5, 5.41) is 3.32. The molecule has 3 nitrogen and oxygen atoms in total. The molecule has 0 radical (unpaired) electrons. The van der Waals surface area contributed by atoms with E-state index in [-0.39, 0.29) is 0 Å². The van der Waals surface area contributed by atoms with E-state index in [2.05, 4.69) is 10.3 Å². The van der Waals surface area contributed by atoms with E-state index in [9.17, 15) is 0 Å². The number of anilines is 1. The molecule has 1 aromatic heterocycles. The third-order valence-electron chi connectivity index (χ3n) is 3.17. The molecule has 94 valence electrons. The van der Waals surface area contributed by atoms with E-state index in [1.165, 1.54) is 25.7 Å². The van der Waals surface area contributed by atoms with Crippen molar-refractivity contribution in [2.75, 3.05) is 18.5 Å². The van der Waals surface area contributed by atoms with Crippen LogP contribution in [0.15, 0.2) is 18.2 Å². The van der Waals surface area contributed by atoms with Gasteiger partial charge in [0.05, 0.1) is 6.10 Å². The normalized spacial score (nSPS) is 16.3. The Balaban J connectivity index is 1.56. The largest absolute Gasteiger partial charge is 0.378 e. The maximum absolute atomic E-state index is 5.80. The van der Waals surface area contributed by atoms with Gasteiger partial charge in [-0.1, -0.05) is 18.9 Å². The van der Waals surface area contributed by atoms with Gasteiger partial charge < -0.3 is 10.1 Å². The van der Waals surface area contributed by atoms with Gasteiger partial charge in [-0.15, -0.1) is 0 Å². The van der Waals surface area contributed by atoms with Gasteiger partial charge in [-0.3, -0.25) is 0 Å². The zero-order valence-corrected chi connectivity index (χ0v) is 10.6. The lowest BCUT2D eigenvalue weighted by Gasteiger charge is -2.11. The molecule has 0 unspecified atom stereocenters. The van der Waals surface area contributed by atoms with Gasteiger partial charge in [0.2, 0.25) is 0 Å². The van der Waals surface area contributed by atoms with Crippen molar-refractivity contribution in [3.63, 3.8) is 0 Å². The van der Waals surface area contributed by atoms with Crippen LogP contribution in [-0.2, 0) is 4.74 Å². The lowest BCUT2D eigenvalue weighted by atomic mass is 10.3. The van der Waals surface area contributed by atoms with Gasteiger partial charge in [-0.05, 0) is 38.3 Å². The summed E-state index contributed by atoms with van der Waals surface area (Å²) in [6.07, 6.45) is 6.78. The zero-order chi connectivity index (χ0) is 11.9. The number of pyridine rings is 1. The van der Waals surface area contributed by atoms with Crippen molar-refractivity contribution in [3.05, 3.63) is 23.9 Å². The molecule has 1 N–H and O–H groups in total. The molecule has 17 heavy (non-hydrogen) atoms. The monoisotopic (exact) mass is 234 g/mol. The highest BCUT2D eigenvalue weighted by Crippen LogP contribution is 2.20. The van der Waals surface area contributed by atoms with Crippen LogP contribution in [-0.4, -0.2) is 24.2 Å². The van der Waals surface area contributed by atoms with Gasteiger partial charge in [-0.2, -0.15) is 0 Å². The lowest BCUT2D eigenvalue weighted by molar-refractivity contribution is 0.0583. The molecule has 1 heterocycles. The van der Waals surface area contributed by atoms with Gasteiger partial charge in [0, 0.05) is 18.8 Å². The average molecular weight is 234 g/mol. The molecule has 0 amide bonds. The Labute approximate surface area is 104 Å². The van der Waals surface area contributed by atoms with Crippen molar-refractivity contribution in [3.8, 4) is 0 Å². The third kappa shape index (κ3) is 4.35. The number of nitrogens with one attached hydrogen (secondary N) is 1. The molecule has 0 saturated heterocycles. The van der Waals surface area contributed by atoms with Crippen LogP contribution in [0.5, 0.6) is 0 Å². The van der Waals surface area contributed by atoms with Crippen molar-refractivity contribution in [2.24, 2.45) is 0 Å². The molecule has 1 saturated carbocycles. The molecule has 0 spiro atoms. The van der Waals surface area contributed by atoms with E-state index in [0.717, 1.165) is 31.1 Å². The van der Waals surface area contributed by atoms with Crippen LogP contribution < -0.4 is 5.32 Å². The molecule has 3 heteroatoms. The minimum atomic E-state index is 0.534. The van der Waals surface area contributed by atoms with Crippen LogP contribution in [0.25, 0.3) is 0 Å². The SMILES string of the molecule is Cc1cccc(NCCCOC2CCCC2)n1. The summed E-state index contributed by atoms with van der Waals surface area (Å²) in [6, 6.07) is 6.04. The molecule has 0 aliphatic heterocycles. The van der Waals surface area contributed by atoms with Crippen LogP contribution in [0.1, 0.15) is 37.8 Å². The summed E-state index contributed by atoms with van der Waals surface area (Å²) in [5.41, 5.74) is 1.05. The first-order valence-electron chi connectivity index (χ1n) is 6.64. The predicted octanol–water partition coefficient (Wildman–Crippen LogP) is 3.15. The molecule has 0 aromatic carbocycles. The number of rotatable bonds is 6. The Morgan fingerprint density at radius 3 is 2.94 bits per heavy atom. The molecule has 0 atom stereocenters. The Morgan fingerprint density at radius 1 is 1.35 bits per heavy atom. The van der Waals surface area contributed by atoms with Crippen molar-refractivity contribution in [1.82, 2.24) is 4.98 Å². The van der Waals surface area contributed by atoms with Crippen molar-refractivity contribution in [2.45, 2.75) is 45.1 Å². The summed E-state index contributed by atoms with van der Waals surface area (Å²) < 4.78 is 5.80. The fourth-order valence-corrected chi connectivity index (χ4v) is 2.24. The first kappa shape index (κ1) is 12.4. The topological polar surface area (TPSA) is 34.1 Å². The number of nitrogens with zero attached hydrogens (tertiary/aromatic N) is 1. The second-order valence-corrected chi connectivity index (χ2v) is 4.72. The Morgan fingerprint density at radius 2 is 2.18 bits per heavy atom. The first-order valence-corrected chi connectivity index (χ1v) is 6.64. The van der Waals surface area contributed by atoms with Gasteiger partial charge in [0.15, 0.2) is 0 Å². The minimum Gasteiger partial charge on any atom is -0.378 e. The van der Waals surface area contributed by atoms with E-state index in [1.54, 1.807) is 0 Å². The quantitative estimate of drug-likeness (QED) is 0.768. The summed E-state index contributed by atoms with van der Waals surface area (Å²) >= 11 is 0. The number of aryl methyl sites for hydroxylation is 1. The van der Waals surface area contributed by atoms with E-state index >= 15 is 0 Å². The van der Waals surface area contributed by atoms with Crippen molar-refractivity contribution in [1.29, 1.82) is 0 Å². The Bertz CT molecular complexity index is 335. The second kappa shape index (κ2) is 6.60. The summed E-state index contributed by atoms with van der Waals surface area (Å²) in [5.74, 6) is 0.964. The van der Waals surface area contributed by atoms with Gasteiger partial charge in [-0.25, -0.2) is 4.98 Å². The molecular formula is C14H22N2O. The van der Waals surface area contributed by atoms with Gasteiger partial charge >= 0.3 is 0 Å². The maximum atomic E-state index is 5.80. The Kier molecular flexibility index (Phi) is 4.80. The summed E-state index contributed by atoms with van der Waals surface area (Å²) in [7, 11) is 0. The van der Waals surface area contributed by atoms with Crippen LogP contribution in [0.4, 0.5) is 5.82 Å². The Hall–Kier alpha value is -1.09.